The number of ether oxygens (including phenoxy) is 1. The molecule has 6 aliphatic rings. The van der Waals surface area contributed by atoms with Crippen LogP contribution in [0.1, 0.15) is 79.7 Å². The molecule has 0 spiro atoms. The molecule has 62 heavy (non-hydrogen) atoms. The number of anilines is 3. The lowest BCUT2D eigenvalue weighted by atomic mass is 9.74. The minimum Gasteiger partial charge on any atom is -0.474 e. The molecule has 12 heteroatoms. The zero-order valence-electron chi connectivity index (χ0n) is 36.7. The number of para-hydroxylation sites is 1. The molecule has 322 valence electrons. The van der Waals surface area contributed by atoms with Gasteiger partial charge in [-0.05, 0) is 86.3 Å². The molecule has 0 bridgehead atoms. The Bertz CT molecular complexity index is 2540. The summed E-state index contributed by atoms with van der Waals surface area (Å²) in [6, 6.07) is 15.6. The van der Waals surface area contributed by atoms with Crippen LogP contribution in [0.2, 0.25) is 0 Å². The Balaban J connectivity index is 0.713. The van der Waals surface area contributed by atoms with Crippen LogP contribution in [0.15, 0.2) is 90.0 Å². The van der Waals surface area contributed by atoms with Crippen molar-refractivity contribution in [2.45, 2.75) is 82.2 Å². The number of piperazine rings is 1. The van der Waals surface area contributed by atoms with Crippen LogP contribution in [0.25, 0.3) is 10.9 Å². The topological polar surface area (TPSA) is 111 Å². The first-order valence-corrected chi connectivity index (χ1v) is 22.6. The van der Waals surface area contributed by atoms with Crippen molar-refractivity contribution >= 4 is 39.8 Å². The number of pyridine rings is 1. The lowest BCUT2D eigenvalue weighted by Crippen LogP contribution is -2.55. The average Bonchev–Trinajstić information content (AvgIpc) is 3.61. The fourth-order valence-electron chi connectivity index (χ4n) is 11.0. The molecule has 2 amide bonds. The molecule has 10 rings (SSSR count). The second-order valence-corrected chi connectivity index (χ2v) is 18.5. The average molecular weight is 834 g/mol. The van der Waals surface area contributed by atoms with Crippen molar-refractivity contribution in [1.82, 2.24) is 29.5 Å². The molecule has 2 N–H and O–H groups in total. The number of aryl methyl sites for hydroxylation is 1. The van der Waals surface area contributed by atoms with E-state index in [-0.39, 0.29) is 23.3 Å². The maximum absolute atomic E-state index is 13.5. The van der Waals surface area contributed by atoms with E-state index in [9.17, 15) is 9.59 Å². The van der Waals surface area contributed by atoms with Crippen LogP contribution >= 0.6 is 0 Å². The first-order chi connectivity index (χ1) is 30.1. The fourth-order valence-corrected chi connectivity index (χ4v) is 11.0. The third-order valence-electron chi connectivity index (χ3n) is 14.6. The van der Waals surface area contributed by atoms with Crippen molar-refractivity contribution in [3.05, 3.63) is 112 Å². The van der Waals surface area contributed by atoms with E-state index in [4.69, 9.17) is 9.84 Å². The van der Waals surface area contributed by atoms with E-state index >= 15 is 0 Å². The van der Waals surface area contributed by atoms with E-state index in [0.29, 0.717) is 37.3 Å². The second kappa shape index (κ2) is 16.1. The number of fused-ring (bicyclic) bond motifs is 3. The number of allylic oxidation sites excluding steroid dienone is 1. The first-order valence-electron chi connectivity index (χ1n) is 22.6. The Morgan fingerprint density at radius 2 is 1.85 bits per heavy atom. The molecule has 2 atom stereocenters. The molecular formula is C50H59N9O3. The van der Waals surface area contributed by atoms with Crippen LogP contribution < -0.4 is 20.3 Å². The monoisotopic (exact) mass is 833 g/mol. The van der Waals surface area contributed by atoms with Crippen molar-refractivity contribution in [2.24, 2.45) is 7.05 Å². The summed E-state index contributed by atoms with van der Waals surface area (Å²) < 4.78 is 7.82. The van der Waals surface area contributed by atoms with Crippen LogP contribution in [-0.4, -0.2) is 112 Å². The molecule has 2 aliphatic carbocycles. The van der Waals surface area contributed by atoms with Crippen molar-refractivity contribution in [1.29, 1.82) is 0 Å². The maximum atomic E-state index is 13.5. The number of carbonyl (C=O) groups is 2. The molecule has 2 aromatic heterocycles. The van der Waals surface area contributed by atoms with Gasteiger partial charge in [-0.1, -0.05) is 49.1 Å². The number of likely N-dealkylation sites (tertiary alicyclic amines) is 1. The van der Waals surface area contributed by atoms with Crippen LogP contribution in [-0.2, 0) is 23.1 Å². The van der Waals surface area contributed by atoms with Gasteiger partial charge in [0.05, 0.1) is 46.7 Å². The number of likely N-dealkylation sites (N-methyl/N-ethyl adjacent to an activating group) is 1. The van der Waals surface area contributed by atoms with Gasteiger partial charge in [-0.25, -0.2) is 4.98 Å². The standard InChI is InChI=1S/C50H59N9O3/c1-6-42-40(14-15-44(60)55(42)4)47-41-9-7-8-39(48(41)56(5)54-47)35-27-38(28-35)57-21-23-58(24-22-57)45(61)26-33-10-12-37(13-11-33)53-50(3)18-16-34-17-20-59(31-36(34)29-50)43-30-52-49-46(32(43)2)51-19-25-62-49/h7-13,16,29-30,35,38,40,51,53H,1,14-15,17-28,31H2,2-5H3. The van der Waals surface area contributed by atoms with Gasteiger partial charge in [-0.3, -0.25) is 19.2 Å². The summed E-state index contributed by atoms with van der Waals surface area (Å²) in [6.45, 7) is 15.0. The van der Waals surface area contributed by atoms with Gasteiger partial charge in [0.2, 0.25) is 17.7 Å². The summed E-state index contributed by atoms with van der Waals surface area (Å²) in [5.74, 6) is 1.49. The second-order valence-electron chi connectivity index (χ2n) is 18.5. The van der Waals surface area contributed by atoms with E-state index in [1.165, 1.54) is 27.8 Å². The predicted molar refractivity (Wildman–Crippen MR) is 245 cm³/mol. The van der Waals surface area contributed by atoms with E-state index in [1.807, 2.05) is 25.0 Å². The zero-order chi connectivity index (χ0) is 42.7. The molecule has 0 radical (unpaired) electrons. The van der Waals surface area contributed by atoms with Crippen LogP contribution in [0.3, 0.4) is 0 Å². The number of benzene rings is 2. The lowest BCUT2D eigenvalue weighted by Gasteiger charge is -2.46. The van der Waals surface area contributed by atoms with Crippen molar-refractivity contribution in [2.75, 3.05) is 75.0 Å². The molecule has 6 heterocycles. The van der Waals surface area contributed by atoms with Crippen molar-refractivity contribution in [3.63, 3.8) is 0 Å². The highest BCUT2D eigenvalue weighted by atomic mass is 16.5. The fraction of sp³-hybridized carbons (Fsp3) is 0.460. The lowest BCUT2D eigenvalue weighted by molar-refractivity contribution is -0.133. The SMILES string of the molecule is C=C=C1C(c2nn(C)c3c(C4CC(N5CCN(C(=O)Cc6ccc(NC7(C)C=C8CN(c9cnc%10c(c9C)NCCO%10)CCC8=CC7)cc6)CC5)C4)cccc23)CCC(=O)N1C. The van der Waals surface area contributed by atoms with E-state index < -0.39 is 0 Å². The Labute approximate surface area is 365 Å². The minimum atomic E-state index is -0.212. The summed E-state index contributed by atoms with van der Waals surface area (Å²) in [5, 5.41) is 13.5. The highest BCUT2D eigenvalue weighted by molar-refractivity contribution is 5.88. The van der Waals surface area contributed by atoms with Gasteiger partial charge in [-0.2, -0.15) is 5.10 Å². The molecule has 4 aliphatic heterocycles. The highest BCUT2D eigenvalue weighted by Crippen LogP contribution is 2.45. The molecule has 1 saturated carbocycles. The number of piperidine rings is 2. The Kier molecular flexibility index (Phi) is 10.5. The van der Waals surface area contributed by atoms with Crippen LogP contribution in [0.5, 0.6) is 5.88 Å². The summed E-state index contributed by atoms with van der Waals surface area (Å²) in [7, 11) is 3.86. The van der Waals surface area contributed by atoms with Crippen LogP contribution in [0, 0.1) is 6.92 Å². The Morgan fingerprint density at radius 1 is 1.05 bits per heavy atom. The molecular weight excluding hydrogens is 775 g/mol. The molecule has 4 fully saturated rings. The van der Waals surface area contributed by atoms with Gasteiger partial charge in [0, 0.05) is 89.0 Å². The zero-order valence-corrected chi connectivity index (χ0v) is 36.7. The van der Waals surface area contributed by atoms with Gasteiger partial charge in [0.25, 0.3) is 0 Å². The maximum Gasteiger partial charge on any atom is 0.237 e. The number of amides is 2. The van der Waals surface area contributed by atoms with E-state index in [0.717, 1.165) is 117 Å². The normalized spacial score (nSPS) is 25.2. The molecule has 4 aromatic rings. The smallest absolute Gasteiger partial charge is 0.237 e. The summed E-state index contributed by atoms with van der Waals surface area (Å²) in [4.78, 5) is 39.4. The number of rotatable bonds is 8. The largest absolute Gasteiger partial charge is 0.474 e. The highest BCUT2D eigenvalue weighted by Gasteiger charge is 2.39. The van der Waals surface area contributed by atoms with E-state index in [2.05, 4.69) is 111 Å². The van der Waals surface area contributed by atoms with Crippen molar-refractivity contribution in [3.8, 4) is 5.88 Å². The van der Waals surface area contributed by atoms with Crippen LogP contribution in [0.4, 0.5) is 17.1 Å². The molecule has 2 aromatic carbocycles. The minimum absolute atomic E-state index is 0.00636. The number of nitrogens with zero attached hydrogens (tertiary/aromatic N) is 7. The summed E-state index contributed by atoms with van der Waals surface area (Å²) in [6.07, 6.45) is 12.6. The quantitative estimate of drug-likeness (QED) is 0.181. The Hall–Kier alpha value is -5.84. The summed E-state index contributed by atoms with van der Waals surface area (Å²) >= 11 is 0. The molecule has 2 unspecified atom stereocenters. The van der Waals surface area contributed by atoms with Gasteiger partial charge in [0.1, 0.15) is 12.3 Å². The third kappa shape index (κ3) is 7.36. The molecule has 12 nitrogen and oxygen atoms in total. The Morgan fingerprint density at radius 3 is 2.65 bits per heavy atom. The van der Waals surface area contributed by atoms with Gasteiger partial charge in [-0.15, -0.1) is 5.73 Å². The van der Waals surface area contributed by atoms with Gasteiger partial charge >= 0.3 is 0 Å². The molecule has 3 saturated heterocycles. The van der Waals surface area contributed by atoms with Gasteiger partial charge < -0.3 is 30.1 Å². The summed E-state index contributed by atoms with van der Waals surface area (Å²) in [5.41, 5.74) is 15.5. The number of aromatic nitrogens is 3. The van der Waals surface area contributed by atoms with Crippen molar-refractivity contribution < 1.29 is 14.3 Å². The van der Waals surface area contributed by atoms with E-state index in [1.54, 1.807) is 4.90 Å². The number of carbonyl (C=O) groups excluding carboxylic acids is 2. The third-order valence-corrected chi connectivity index (χ3v) is 14.6. The number of nitrogens with one attached hydrogen (secondary N) is 2. The first kappa shape index (κ1) is 40.2. The number of hydrogen-bond acceptors (Lipinski definition) is 9. The number of hydrogen-bond donors (Lipinski definition) is 2. The predicted octanol–water partition coefficient (Wildman–Crippen LogP) is 7.06. The van der Waals surface area contributed by atoms with Gasteiger partial charge in [0.15, 0.2) is 0 Å².